The highest BCUT2D eigenvalue weighted by Crippen LogP contribution is 2.18. The first kappa shape index (κ1) is 13.2. The molecule has 0 saturated heterocycles. The molecule has 0 aliphatic carbocycles. The van der Waals surface area contributed by atoms with Crippen LogP contribution in [0.2, 0.25) is 0 Å². The summed E-state index contributed by atoms with van der Waals surface area (Å²) in [6.07, 6.45) is 7.04. The van der Waals surface area contributed by atoms with Gasteiger partial charge in [-0.2, -0.15) is 0 Å². The van der Waals surface area contributed by atoms with Crippen LogP contribution < -0.4 is 9.47 Å². The summed E-state index contributed by atoms with van der Waals surface area (Å²) in [5.74, 6) is 0.993. The minimum absolute atomic E-state index is 0.496. The fraction of sp³-hybridized carbons (Fsp3) is 0. The lowest BCUT2D eigenvalue weighted by Gasteiger charge is -1.99. The minimum Gasteiger partial charge on any atom is -0.388 e. The van der Waals surface area contributed by atoms with E-state index in [0.29, 0.717) is 11.5 Å². The molecule has 2 aromatic rings. The summed E-state index contributed by atoms with van der Waals surface area (Å²) < 4.78 is 9.53. The van der Waals surface area contributed by atoms with Crippen molar-refractivity contribution in [3.05, 3.63) is 59.7 Å². The number of hydrogen-bond acceptors (Lipinski definition) is 4. The zero-order valence-electron chi connectivity index (χ0n) is 10.5. The molecule has 0 fully saturated rings. The van der Waals surface area contributed by atoms with Gasteiger partial charge in [-0.3, -0.25) is 0 Å². The van der Waals surface area contributed by atoms with Gasteiger partial charge in [-0.25, -0.2) is 0 Å². The molecule has 96 valence electrons. The Bertz CT molecular complexity index is 647. The van der Waals surface area contributed by atoms with E-state index in [2.05, 4.69) is 0 Å². The molecular weight excluding hydrogens is 252 g/mol. The highest BCUT2D eigenvalue weighted by Gasteiger charge is 1.96. The molecule has 0 atom stereocenters. The van der Waals surface area contributed by atoms with Gasteiger partial charge in [0.1, 0.15) is 11.5 Å². The molecule has 0 unspecified atom stereocenters. The van der Waals surface area contributed by atoms with Crippen molar-refractivity contribution >= 4 is 12.2 Å². The van der Waals surface area contributed by atoms with Crippen LogP contribution in [0, 0.1) is 23.0 Å². The van der Waals surface area contributed by atoms with Crippen LogP contribution in [0.15, 0.2) is 48.5 Å². The maximum atomic E-state index is 8.47. The lowest BCUT2D eigenvalue weighted by Crippen LogP contribution is -1.83. The SMILES string of the molecule is N#COc1cccc(/C=C/c2cccc(OC#N)c2)c1. The van der Waals surface area contributed by atoms with Gasteiger partial charge >= 0.3 is 0 Å². The molecule has 4 heteroatoms. The molecule has 0 radical (unpaired) electrons. The van der Waals surface area contributed by atoms with Gasteiger partial charge in [0, 0.05) is 0 Å². The third kappa shape index (κ3) is 3.63. The molecule has 2 rings (SSSR count). The third-order valence-electron chi connectivity index (χ3n) is 2.51. The Morgan fingerprint density at radius 3 is 1.60 bits per heavy atom. The number of rotatable bonds is 4. The highest BCUT2D eigenvalue weighted by atomic mass is 16.5. The Balaban J connectivity index is 2.17. The fourth-order valence-electron chi connectivity index (χ4n) is 1.66. The molecule has 4 nitrogen and oxygen atoms in total. The summed E-state index contributed by atoms with van der Waals surface area (Å²) in [6.45, 7) is 0. The molecule has 0 amide bonds. The molecule has 0 aromatic heterocycles. The molecule has 0 saturated carbocycles. The molecule has 0 aliphatic heterocycles. The smallest absolute Gasteiger partial charge is 0.292 e. The van der Waals surface area contributed by atoms with E-state index in [9.17, 15) is 0 Å². The van der Waals surface area contributed by atoms with Crippen molar-refractivity contribution in [3.63, 3.8) is 0 Å². The zero-order chi connectivity index (χ0) is 14.2. The summed E-state index contributed by atoms with van der Waals surface area (Å²) in [4.78, 5) is 0. The Morgan fingerprint density at radius 1 is 0.750 bits per heavy atom. The molecular formula is C16H10N2O2. The van der Waals surface area contributed by atoms with E-state index in [1.807, 2.05) is 36.4 Å². The molecule has 2 aromatic carbocycles. The van der Waals surface area contributed by atoms with Gasteiger partial charge in [-0.1, -0.05) is 36.4 Å². The topological polar surface area (TPSA) is 66.0 Å². The third-order valence-corrected chi connectivity index (χ3v) is 2.51. The van der Waals surface area contributed by atoms with Crippen LogP contribution in [0.1, 0.15) is 11.1 Å². The molecule has 0 N–H and O–H groups in total. The van der Waals surface area contributed by atoms with E-state index < -0.39 is 0 Å². The van der Waals surface area contributed by atoms with Gasteiger partial charge in [0.2, 0.25) is 0 Å². The summed E-state index contributed by atoms with van der Waals surface area (Å²) in [5.41, 5.74) is 1.81. The monoisotopic (exact) mass is 262 g/mol. The average molecular weight is 262 g/mol. The van der Waals surface area contributed by atoms with E-state index in [0.717, 1.165) is 11.1 Å². The van der Waals surface area contributed by atoms with E-state index >= 15 is 0 Å². The Morgan fingerprint density at radius 2 is 1.20 bits per heavy atom. The largest absolute Gasteiger partial charge is 0.388 e. The van der Waals surface area contributed by atoms with Crippen LogP contribution in [0.4, 0.5) is 0 Å². The van der Waals surface area contributed by atoms with Gasteiger partial charge in [-0.15, -0.1) is 10.5 Å². The first-order valence-electron chi connectivity index (χ1n) is 5.82. The van der Waals surface area contributed by atoms with Crippen molar-refractivity contribution in [2.45, 2.75) is 0 Å². The lowest BCUT2D eigenvalue weighted by atomic mass is 10.1. The highest BCUT2D eigenvalue weighted by molar-refractivity contribution is 5.70. The van der Waals surface area contributed by atoms with Gasteiger partial charge in [0.05, 0.1) is 0 Å². The van der Waals surface area contributed by atoms with Gasteiger partial charge in [-0.05, 0) is 35.4 Å². The predicted molar refractivity (Wildman–Crippen MR) is 74.3 cm³/mol. The fourth-order valence-corrected chi connectivity index (χ4v) is 1.66. The quantitative estimate of drug-likeness (QED) is 0.624. The number of nitrogens with zero attached hydrogens (tertiary/aromatic N) is 2. The Hall–Kier alpha value is -3.24. The second-order valence-electron chi connectivity index (χ2n) is 3.87. The average Bonchev–Trinajstić information content (AvgIpc) is 2.47. The number of ether oxygens (including phenoxy) is 2. The maximum Gasteiger partial charge on any atom is 0.292 e. The van der Waals surface area contributed by atoms with E-state index in [1.54, 1.807) is 36.8 Å². The first-order chi connectivity index (χ1) is 9.81. The number of nitriles is 2. The molecule has 0 aliphatic rings. The normalized spacial score (nSPS) is 9.70. The molecule has 20 heavy (non-hydrogen) atoms. The van der Waals surface area contributed by atoms with Crippen LogP contribution in [-0.2, 0) is 0 Å². The Kier molecular flexibility index (Phi) is 4.37. The van der Waals surface area contributed by atoms with Crippen LogP contribution in [0.5, 0.6) is 11.5 Å². The van der Waals surface area contributed by atoms with Gasteiger partial charge in [0.25, 0.3) is 12.5 Å². The van der Waals surface area contributed by atoms with Gasteiger partial charge in [0.15, 0.2) is 0 Å². The molecule has 0 spiro atoms. The van der Waals surface area contributed by atoms with Gasteiger partial charge < -0.3 is 9.47 Å². The van der Waals surface area contributed by atoms with Crippen molar-refractivity contribution in [2.75, 3.05) is 0 Å². The van der Waals surface area contributed by atoms with Crippen molar-refractivity contribution in [2.24, 2.45) is 0 Å². The zero-order valence-corrected chi connectivity index (χ0v) is 10.5. The van der Waals surface area contributed by atoms with Crippen LogP contribution in [0.3, 0.4) is 0 Å². The lowest BCUT2D eigenvalue weighted by molar-refractivity contribution is 0.506. The second kappa shape index (κ2) is 6.63. The van der Waals surface area contributed by atoms with Crippen molar-refractivity contribution in [1.29, 1.82) is 10.5 Å². The minimum atomic E-state index is 0.496. The van der Waals surface area contributed by atoms with E-state index in [-0.39, 0.29) is 0 Å². The summed E-state index contributed by atoms with van der Waals surface area (Å²) in [5, 5.41) is 16.9. The van der Waals surface area contributed by atoms with E-state index in [4.69, 9.17) is 20.0 Å². The predicted octanol–water partition coefficient (Wildman–Crippen LogP) is 3.58. The van der Waals surface area contributed by atoms with Crippen molar-refractivity contribution in [3.8, 4) is 24.0 Å². The number of hydrogen-bond donors (Lipinski definition) is 0. The summed E-state index contributed by atoms with van der Waals surface area (Å²) >= 11 is 0. The first-order valence-corrected chi connectivity index (χ1v) is 5.82. The van der Waals surface area contributed by atoms with Crippen LogP contribution in [0.25, 0.3) is 12.2 Å². The second-order valence-corrected chi connectivity index (χ2v) is 3.87. The molecule has 0 bridgehead atoms. The maximum absolute atomic E-state index is 8.47. The Labute approximate surface area is 116 Å². The van der Waals surface area contributed by atoms with Crippen LogP contribution in [-0.4, -0.2) is 0 Å². The van der Waals surface area contributed by atoms with Crippen molar-refractivity contribution in [1.82, 2.24) is 0 Å². The van der Waals surface area contributed by atoms with Crippen LogP contribution >= 0.6 is 0 Å². The van der Waals surface area contributed by atoms with Crippen molar-refractivity contribution < 1.29 is 9.47 Å². The number of benzene rings is 2. The molecule has 0 heterocycles. The van der Waals surface area contributed by atoms with E-state index in [1.165, 1.54) is 0 Å². The standard InChI is InChI=1S/C16H10N2O2/c17-11-19-15-5-1-3-13(9-15)7-8-14-4-2-6-16(10-14)20-12-18/h1-10H/b8-7+. The summed E-state index contributed by atoms with van der Waals surface area (Å²) in [7, 11) is 0. The summed E-state index contributed by atoms with van der Waals surface area (Å²) in [6, 6.07) is 14.4.